The number of amides is 2. The number of carbonyl (C=O) groups is 2. The van der Waals surface area contributed by atoms with Gasteiger partial charge in [0.25, 0.3) is 5.91 Å². The van der Waals surface area contributed by atoms with Crippen molar-refractivity contribution in [1.82, 2.24) is 15.7 Å². The van der Waals surface area contributed by atoms with Crippen LogP contribution in [-0.4, -0.2) is 22.8 Å². The zero-order chi connectivity index (χ0) is 17.4. The quantitative estimate of drug-likeness (QED) is 0.717. The molecule has 5 rings (SSSR count). The number of pyridine rings is 1. The topological polar surface area (TPSA) is 83.1 Å². The highest BCUT2D eigenvalue weighted by Crippen LogP contribution is 2.60. The largest absolute Gasteiger partial charge is 0.344 e. The van der Waals surface area contributed by atoms with Gasteiger partial charge in [-0.15, -0.1) is 0 Å². The van der Waals surface area contributed by atoms with Gasteiger partial charge in [0.2, 0.25) is 5.91 Å². The minimum Gasteiger partial charge on any atom is -0.344 e. The smallest absolute Gasteiger partial charge is 0.260 e. The fraction of sp³-hybridized carbons (Fsp3) is 0.632. The molecule has 134 valence electrons. The van der Waals surface area contributed by atoms with E-state index in [4.69, 9.17) is 0 Å². The van der Waals surface area contributed by atoms with Gasteiger partial charge in [0.15, 0.2) is 0 Å². The van der Waals surface area contributed by atoms with E-state index in [0.29, 0.717) is 0 Å². The zero-order valence-electron chi connectivity index (χ0n) is 14.6. The Labute approximate surface area is 148 Å². The number of hydrazine groups is 1. The van der Waals surface area contributed by atoms with E-state index in [2.05, 4.69) is 21.2 Å². The van der Waals surface area contributed by atoms with Gasteiger partial charge in [-0.05, 0) is 75.3 Å². The molecule has 3 N–H and O–H groups in total. The molecule has 1 aromatic heterocycles. The van der Waals surface area contributed by atoms with Crippen LogP contribution in [0.4, 0.5) is 5.69 Å². The molecule has 4 fully saturated rings. The summed E-state index contributed by atoms with van der Waals surface area (Å²) in [5, 5.41) is 2.97. The molecule has 4 aliphatic rings. The summed E-state index contributed by atoms with van der Waals surface area (Å²) in [7, 11) is 0. The molecule has 0 saturated heterocycles. The van der Waals surface area contributed by atoms with Gasteiger partial charge in [0, 0.05) is 17.8 Å². The van der Waals surface area contributed by atoms with Crippen molar-refractivity contribution in [3.63, 3.8) is 0 Å². The van der Waals surface area contributed by atoms with Crippen molar-refractivity contribution in [2.24, 2.45) is 23.2 Å². The number of hydrogen-bond acceptors (Lipinski definition) is 4. The van der Waals surface area contributed by atoms with Crippen molar-refractivity contribution in [1.29, 1.82) is 0 Å². The molecule has 1 aromatic rings. The lowest BCUT2D eigenvalue weighted by molar-refractivity contribution is -0.148. The third-order valence-electron chi connectivity index (χ3n) is 6.27. The minimum absolute atomic E-state index is 0.0816. The maximum atomic E-state index is 13.0. The lowest BCUT2D eigenvalue weighted by Crippen LogP contribution is -2.57. The molecule has 4 saturated carbocycles. The van der Waals surface area contributed by atoms with Crippen molar-refractivity contribution in [2.45, 2.75) is 51.5 Å². The number of nitrogens with one attached hydrogen (secondary N) is 3. The van der Waals surface area contributed by atoms with Crippen molar-refractivity contribution in [2.75, 3.05) is 5.43 Å². The van der Waals surface area contributed by atoms with E-state index < -0.39 is 6.04 Å². The predicted molar refractivity (Wildman–Crippen MR) is 94.2 cm³/mol. The summed E-state index contributed by atoms with van der Waals surface area (Å²) in [6.45, 7) is 1.74. The highest BCUT2D eigenvalue weighted by molar-refractivity contribution is 5.90. The van der Waals surface area contributed by atoms with Gasteiger partial charge in [0.1, 0.15) is 6.04 Å². The van der Waals surface area contributed by atoms with Crippen LogP contribution in [0.25, 0.3) is 0 Å². The van der Waals surface area contributed by atoms with E-state index in [9.17, 15) is 9.59 Å². The first-order valence-corrected chi connectivity index (χ1v) is 9.31. The van der Waals surface area contributed by atoms with Crippen molar-refractivity contribution < 1.29 is 9.59 Å². The Kier molecular flexibility index (Phi) is 4.13. The summed E-state index contributed by atoms with van der Waals surface area (Å²) in [5.74, 6) is 1.99. The fourth-order valence-corrected chi connectivity index (χ4v) is 5.48. The molecule has 1 atom stereocenters. The van der Waals surface area contributed by atoms with Crippen LogP contribution < -0.4 is 16.2 Å². The van der Waals surface area contributed by atoms with Crippen LogP contribution in [0.1, 0.15) is 45.4 Å². The molecule has 4 aliphatic carbocycles. The van der Waals surface area contributed by atoms with Gasteiger partial charge in [-0.2, -0.15) is 0 Å². The van der Waals surface area contributed by atoms with Gasteiger partial charge in [-0.3, -0.25) is 25.4 Å². The molecule has 0 radical (unpaired) electrons. The lowest BCUT2D eigenvalue weighted by atomic mass is 9.49. The van der Waals surface area contributed by atoms with Crippen LogP contribution in [0.3, 0.4) is 0 Å². The van der Waals surface area contributed by atoms with Gasteiger partial charge < -0.3 is 5.32 Å². The van der Waals surface area contributed by atoms with Crippen molar-refractivity contribution in [3.8, 4) is 0 Å². The van der Waals surface area contributed by atoms with E-state index in [0.717, 1.165) is 42.7 Å². The van der Waals surface area contributed by atoms with Crippen LogP contribution in [0, 0.1) is 23.2 Å². The number of nitrogens with zero attached hydrogens (tertiary/aromatic N) is 1. The Balaban J connectivity index is 1.33. The summed E-state index contributed by atoms with van der Waals surface area (Å²) >= 11 is 0. The Morgan fingerprint density at radius 3 is 2.20 bits per heavy atom. The van der Waals surface area contributed by atoms with Gasteiger partial charge in [0.05, 0.1) is 5.69 Å². The van der Waals surface area contributed by atoms with E-state index in [1.807, 2.05) is 0 Å². The monoisotopic (exact) mass is 342 g/mol. The first kappa shape index (κ1) is 16.4. The number of carbonyl (C=O) groups excluding carboxylic acids is 2. The van der Waals surface area contributed by atoms with E-state index >= 15 is 0 Å². The van der Waals surface area contributed by atoms with Crippen molar-refractivity contribution >= 4 is 17.5 Å². The Bertz CT molecular complexity index is 625. The molecule has 0 unspecified atom stereocenters. The summed E-state index contributed by atoms with van der Waals surface area (Å²) in [5.41, 5.74) is 6.02. The molecule has 25 heavy (non-hydrogen) atoms. The highest BCUT2D eigenvalue weighted by atomic mass is 16.2. The Hall–Kier alpha value is -2.11. The van der Waals surface area contributed by atoms with Gasteiger partial charge in [-0.25, -0.2) is 0 Å². The zero-order valence-corrected chi connectivity index (χ0v) is 14.6. The molecule has 4 bridgehead atoms. The number of hydrogen-bond donors (Lipinski definition) is 3. The maximum absolute atomic E-state index is 13.0. The van der Waals surface area contributed by atoms with E-state index in [1.54, 1.807) is 31.5 Å². The molecule has 2 amide bonds. The summed E-state index contributed by atoms with van der Waals surface area (Å²) < 4.78 is 0. The molecule has 1 heterocycles. The van der Waals surface area contributed by atoms with Crippen LogP contribution in [0.2, 0.25) is 0 Å². The average Bonchev–Trinajstić information content (AvgIpc) is 2.59. The SMILES string of the molecule is C[C@@H](NC(=O)C12CC3CC(CC(C3)C1)C2)C(=O)NNc1ccncc1. The number of rotatable bonds is 5. The molecular formula is C19H26N4O2. The highest BCUT2D eigenvalue weighted by Gasteiger charge is 2.54. The predicted octanol–water partition coefficient (Wildman–Crippen LogP) is 2.25. The third-order valence-corrected chi connectivity index (χ3v) is 6.27. The average molecular weight is 342 g/mol. The van der Waals surface area contributed by atoms with E-state index in [1.165, 1.54) is 19.3 Å². The maximum Gasteiger partial charge on any atom is 0.260 e. The van der Waals surface area contributed by atoms with Crippen LogP contribution in [0.5, 0.6) is 0 Å². The second-order valence-corrected chi connectivity index (χ2v) is 8.24. The van der Waals surface area contributed by atoms with Gasteiger partial charge >= 0.3 is 0 Å². The molecule has 6 heteroatoms. The molecular weight excluding hydrogens is 316 g/mol. The Morgan fingerprint density at radius 1 is 1.08 bits per heavy atom. The van der Waals surface area contributed by atoms with Crippen LogP contribution in [-0.2, 0) is 9.59 Å². The minimum atomic E-state index is -0.560. The second-order valence-electron chi connectivity index (χ2n) is 8.24. The lowest BCUT2D eigenvalue weighted by Gasteiger charge is -2.55. The van der Waals surface area contributed by atoms with Crippen LogP contribution >= 0.6 is 0 Å². The molecule has 0 spiro atoms. The fourth-order valence-electron chi connectivity index (χ4n) is 5.48. The Morgan fingerprint density at radius 2 is 1.64 bits per heavy atom. The molecule has 6 nitrogen and oxygen atoms in total. The first-order chi connectivity index (χ1) is 12.0. The summed E-state index contributed by atoms with van der Waals surface area (Å²) in [6.07, 6.45) is 10.2. The first-order valence-electron chi connectivity index (χ1n) is 9.31. The van der Waals surface area contributed by atoms with Crippen LogP contribution in [0.15, 0.2) is 24.5 Å². The molecule has 0 aromatic carbocycles. The number of aromatic nitrogens is 1. The molecule has 0 aliphatic heterocycles. The standard InChI is InChI=1S/C19H26N4O2/c1-12(17(24)23-22-16-2-4-20-5-3-16)21-18(25)19-9-13-6-14(10-19)8-15(7-13)11-19/h2-5,12-15H,6-11H2,1H3,(H,20,22)(H,21,25)(H,23,24)/t12-,13?,14?,15?,19?/m1/s1. The second kappa shape index (κ2) is 6.32. The van der Waals surface area contributed by atoms with Gasteiger partial charge in [-0.1, -0.05) is 0 Å². The number of anilines is 1. The normalized spacial score (nSPS) is 33.6. The summed E-state index contributed by atoms with van der Waals surface area (Å²) in [6, 6.07) is 2.97. The third kappa shape index (κ3) is 3.22. The van der Waals surface area contributed by atoms with Crippen molar-refractivity contribution in [3.05, 3.63) is 24.5 Å². The van der Waals surface area contributed by atoms with E-state index in [-0.39, 0.29) is 17.2 Å². The summed E-state index contributed by atoms with van der Waals surface area (Å²) in [4.78, 5) is 29.2.